The van der Waals surface area contributed by atoms with E-state index < -0.39 is 5.97 Å². The number of amides is 1. The number of hydrogen-bond acceptors (Lipinski definition) is 6. The summed E-state index contributed by atoms with van der Waals surface area (Å²) in [5.74, 6) is 0.394. The highest BCUT2D eigenvalue weighted by Gasteiger charge is 2.23. The van der Waals surface area contributed by atoms with Crippen molar-refractivity contribution in [1.29, 1.82) is 0 Å². The predicted octanol–water partition coefficient (Wildman–Crippen LogP) is 3.81. The number of carbonyl (C=O) groups is 2. The highest BCUT2D eigenvalue weighted by molar-refractivity contribution is 5.94. The molecule has 2 aromatic carbocycles. The maximum absolute atomic E-state index is 12.8. The van der Waals surface area contributed by atoms with E-state index in [0.717, 1.165) is 35.4 Å². The maximum atomic E-state index is 12.8. The van der Waals surface area contributed by atoms with Gasteiger partial charge in [0.1, 0.15) is 11.4 Å². The number of rotatable bonds is 7. The standard InChI is InChI=1S/C26H28N4O4/c1-4-34-26(32)25-24(27-28-30(25)17-19-5-11-23(33-3)12-6-19)22-9-7-20(8-10-22)21-13-15-29(16-14-21)18(2)31/h5-13H,4,14-17H2,1-3H3. The first kappa shape index (κ1) is 23.2. The van der Waals surface area contributed by atoms with Crippen molar-refractivity contribution in [2.75, 3.05) is 26.8 Å². The molecule has 1 amide bonds. The van der Waals surface area contributed by atoms with E-state index in [9.17, 15) is 9.59 Å². The van der Waals surface area contributed by atoms with Gasteiger partial charge in [-0.25, -0.2) is 9.48 Å². The first-order chi connectivity index (χ1) is 16.5. The zero-order chi connectivity index (χ0) is 24.1. The smallest absolute Gasteiger partial charge is 0.358 e. The van der Waals surface area contributed by atoms with Gasteiger partial charge in [0.05, 0.1) is 20.3 Å². The molecule has 1 aliphatic rings. The number of ether oxygens (including phenoxy) is 2. The molecule has 0 radical (unpaired) electrons. The van der Waals surface area contributed by atoms with Gasteiger partial charge in [-0.3, -0.25) is 4.79 Å². The lowest BCUT2D eigenvalue weighted by molar-refractivity contribution is -0.128. The third-order valence-electron chi connectivity index (χ3n) is 5.88. The van der Waals surface area contributed by atoms with Gasteiger partial charge in [-0.15, -0.1) is 5.10 Å². The Hall–Kier alpha value is -3.94. The minimum Gasteiger partial charge on any atom is -0.497 e. The monoisotopic (exact) mass is 460 g/mol. The van der Waals surface area contributed by atoms with Crippen LogP contribution in [0, 0.1) is 0 Å². The minimum atomic E-state index is -0.459. The van der Waals surface area contributed by atoms with Crippen molar-refractivity contribution in [2.24, 2.45) is 0 Å². The van der Waals surface area contributed by atoms with Gasteiger partial charge in [0.2, 0.25) is 5.91 Å². The molecular weight excluding hydrogens is 432 g/mol. The summed E-state index contributed by atoms with van der Waals surface area (Å²) in [6.45, 7) is 5.35. The van der Waals surface area contributed by atoms with Crippen LogP contribution in [0.25, 0.3) is 16.8 Å². The van der Waals surface area contributed by atoms with Crippen LogP contribution in [0.2, 0.25) is 0 Å². The Bertz CT molecular complexity index is 1200. The van der Waals surface area contributed by atoms with Crippen LogP contribution in [-0.4, -0.2) is 58.6 Å². The molecule has 0 aliphatic carbocycles. The van der Waals surface area contributed by atoms with Gasteiger partial charge in [0, 0.05) is 25.6 Å². The largest absolute Gasteiger partial charge is 0.497 e. The van der Waals surface area contributed by atoms with Gasteiger partial charge >= 0.3 is 5.97 Å². The fourth-order valence-corrected chi connectivity index (χ4v) is 3.98. The Kier molecular flexibility index (Phi) is 7.06. The van der Waals surface area contributed by atoms with E-state index >= 15 is 0 Å². The number of methoxy groups -OCH3 is 1. The molecule has 34 heavy (non-hydrogen) atoms. The summed E-state index contributed by atoms with van der Waals surface area (Å²) in [6.07, 6.45) is 2.90. The van der Waals surface area contributed by atoms with Crippen molar-refractivity contribution in [1.82, 2.24) is 19.9 Å². The van der Waals surface area contributed by atoms with E-state index in [1.54, 1.807) is 25.6 Å². The lowest BCUT2D eigenvalue weighted by Crippen LogP contribution is -2.32. The van der Waals surface area contributed by atoms with Gasteiger partial charge in [-0.1, -0.05) is 47.7 Å². The summed E-state index contributed by atoms with van der Waals surface area (Å²) < 4.78 is 12.1. The van der Waals surface area contributed by atoms with Gasteiger partial charge in [0.25, 0.3) is 0 Å². The number of esters is 1. The van der Waals surface area contributed by atoms with Crippen molar-refractivity contribution in [3.63, 3.8) is 0 Å². The summed E-state index contributed by atoms with van der Waals surface area (Å²) in [6, 6.07) is 15.5. The zero-order valence-corrected chi connectivity index (χ0v) is 19.7. The highest BCUT2D eigenvalue weighted by Crippen LogP contribution is 2.27. The molecule has 0 saturated carbocycles. The predicted molar refractivity (Wildman–Crippen MR) is 128 cm³/mol. The average Bonchev–Trinajstić information content (AvgIpc) is 3.28. The molecule has 0 bridgehead atoms. The second kappa shape index (κ2) is 10.3. The van der Waals surface area contributed by atoms with Gasteiger partial charge in [0.15, 0.2) is 5.69 Å². The molecule has 0 saturated heterocycles. The Morgan fingerprint density at radius 3 is 2.32 bits per heavy atom. The van der Waals surface area contributed by atoms with Gasteiger partial charge in [-0.2, -0.15) is 0 Å². The maximum Gasteiger partial charge on any atom is 0.358 e. The summed E-state index contributed by atoms with van der Waals surface area (Å²) in [7, 11) is 1.62. The molecule has 4 rings (SSSR count). The van der Waals surface area contributed by atoms with E-state index in [4.69, 9.17) is 9.47 Å². The zero-order valence-electron chi connectivity index (χ0n) is 19.7. The van der Waals surface area contributed by atoms with Crippen LogP contribution in [0.1, 0.15) is 41.9 Å². The molecular formula is C26H28N4O4. The molecule has 0 unspecified atom stereocenters. The highest BCUT2D eigenvalue weighted by atomic mass is 16.5. The minimum absolute atomic E-state index is 0.0925. The summed E-state index contributed by atoms with van der Waals surface area (Å²) in [5, 5.41) is 8.58. The SMILES string of the molecule is CCOC(=O)c1c(-c2ccc(C3=CCN(C(C)=O)CC3)cc2)nnn1Cc1ccc(OC)cc1. The third-order valence-corrected chi connectivity index (χ3v) is 5.88. The van der Waals surface area contributed by atoms with E-state index in [-0.39, 0.29) is 12.5 Å². The summed E-state index contributed by atoms with van der Waals surface area (Å²) in [4.78, 5) is 26.2. The molecule has 176 valence electrons. The average molecular weight is 461 g/mol. The van der Waals surface area contributed by atoms with Crippen molar-refractivity contribution in [2.45, 2.75) is 26.8 Å². The van der Waals surface area contributed by atoms with Crippen molar-refractivity contribution in [3.05, 3.63) is 71.4 Å². The number of nitrogens with zero attached hydrogens (tertiary/aromatic N) is 4. The van der Waals surface area contributed by atoms with Crippen LogP contribution in [0.5, 0.6) is 5.75 Å². The Balaban J connectivity index is 1.60. The Labute approximate surface area is 198 Å². The van der Waals surface area contributed by atoms with Crippen molar-refractivity contribution in [3.8, 4) is 17.0 Å². The van der Waals surface area contributed by atoms with Crippen LogP contribution in [0.15, 0.2) is 54.6 Å². The molecule has 0 atom stereocenters. The third kappa shape index (κ3) is 5.01. The molecule has 0 spiro atoms. The fraction of sp³-hybridized carbons (Fsp3) is 0.308. The van der Waals surface area contributed by atoms with Crippen molar-refractivity contribution < 1.29 is 19.1 Å². The molecule has 1 aliphatic heterocycles. The van der Waals surface area contributed by atoms with E-state index in [0.29, 0.717) is 24.5 Å². The number of carbonyl (C=O) groups excluding carboxylic acids is 2. The van der Waals surface area contributed by atoms with Gasteiger partial charge < -0.3 is 14.4 Å². The van der Waals surface area contributed by atoms with Gasteiger partial charge in [-0.05, 0) is 42.2 Å². The van der Waals surface area contributed by atoms with E-state index in [2.05, 4.69) is 16.4 Å². The molecule has 1 aromatic heterocycles. The number of hydrogen-bond donors (Lipinski definition) is 0. The first-order valence-electron chi connectivity index (χ1n) is 11.3. The Morgan fingerprint density at radius 2 is 1.74 bits per heavy atom. The fourth-order valence-electron chi connectivity index (χ4n) is 3.98. The summed E-state index contributed by atoms with van der Waals surface area (Å²) in [5.41, 5.74) is 4.85. The molecule has 0 N–H and O–H groups in total. The van der Waals surface area contributed by atoms with Crippen LogP contribution >= 0.6 is 0 Å². The molecule has 8 heteroatoms. The van der Waals surface area contributed by atoms with Crippen LogP contribution < -0.4 is 4.74 Å². The first-order valence-corrected chi connectivity index (χ1v) is 11.3. The topological polar surface area (TPSA) is 86.5 Å². The second-order valence-corrected chi connectivity index (χ2v) is 8.03. The second-order valence-electron chi connectivity index (χ2n) is 8.03. The molecule has 8 nitrogen and oxygen atoms in total. The lowest BCUT2D eigenvalue weighted by Gasteiger charge is -2.25. The van der Waals surface area contributed by atoms with E-state index in [1.807, 2.05) is 53.4 Å². The quantitative estimate of drug-likeness (QED) is 0.499. The Morgan fingerprint density at radius 1 is 1.03 bits per heavy atom. The molecule has 2 heterocycles. The van der Waals surface area contributed by atoms with E-state index in [1.165, 1.54) is 5.57 Å². The normalized spacial score (nSPS) is 13.4. The number of aromatic nitrogens is 3. The lowest BCUT2D eigenvalue weighted by atomic mass is 9.97. The molecule has 0 fully saturated rings. The van der Waals surface area contributed by atoms with Crippen LogP contribution in [-0.2, 0) is 16.1 Å². The van der Waals surface area contributed by atoms with Crippen LogP contribution in [0.4, 0.5) is 0 Å². The van der Waals surface area contributed by atoms with Crippen LogP contribution in [0.3, 0.4) is 0 Å². The summed E-state index contributed by atoms with van der Waals surface area (Å²) >= 11 is 0. The van der Waals surface area contributed by atoms with Crippen molar-refractivity contribution >= 4 is 17.4 Å². The number of benzene rings is 2. The molecule has 3 aromatic rings.